The molecule has 1 aliphatic carbocycles. The van der Waals surface area contributed by atoms with Crippen LogP contribution in [-0.4, -0.2) is 19.0 Å². The highest BCUT2D eigenvalue weighted by Gasteiger charge is 2.30. The van der Waals surface area contributed by atoms with Crippen molar-refractivity contribution >= 4 is 17.6 Å². The van der Waals surface area contributed by atoms with E-state index in [0.717, 1.165) is 37.7 Å². The standard InChI is InChI=1S/C23H27NO4/c1-16-13-14-20(27-2)19(15-16)24-22(25)21(17-9-5-3-6-10-17)28-23(26)18-11-7-4-8-12-18/h3,5-6,9-10,13-15,18,21H,4,7-8,11-12H2,1-2H3,(H,24,25)/t21-/m1/s1. The van der Waals surface area contributed by atoms with Gasteiger partial charge in [0.1, 0.15) is 5.75 Å². The average Bonchev–Trinajstić information content (AvgIpc) is 2.73. The fourth-order valence-corrected chi connectivity index (χ4v) is 3.57. The van der Waals surface area contributed by atoms with Crippen molar-refractivity contribution in [1.29, 1.82) is 0 Å². The second-order valence-corrected chi connectivity index (χ2v) is 7.26. The van der Waals surface area contributed by atoms with Gasteiger partial charge in [-0.15, -0.1) is 0 Å². The quantitative estimate of drug-likeness (QED) is 0.730. The third-order valence-corrected chi connectivity index (χ3v) is 5.13. The Morgan fingerprint density at radius 2 is 1.75 bits per heavy atom. The van der Waals surface area contributed by atoms with Crippen LogP contribution in [-0.2, 0) is 14.3 Å². The van der Waals surface area contributed by atoms with E-state index in [9.17, 15) is 9.59 Å². The van der Waals surface area contributed by atoms with E-state index < -0.39 is 6.10 Å². The molecule has 5 heteroatoms. The van der Waals surface area contributed by atoms with Gasteiger partial charge in [0.2, 0.25) is 6.10 Å². The molecule has 0 saturated heterocycles. The van der Waals surface area contributed by atoms with Crippen molar-refractivity contribution in [3.63, 3.8) is 0 Å². The summed E-state index contributed by atoms with van der Waals surface area (Å²) in [6.07, 6.45) is 3.87. The lowest BCUT2D eigenvalue weighted by atomic mass is 9.89. The van der Waals surface area contributed by atoms with E-state index >= 15 is 0 Å². The van der Waals surface area contributed by atoms with E-state index in [1.807, 2.05) is 37.3 Å². The van der Waals surface area contributed by atoms with E-state index in [0.29, 0.717) is 17.0 Å². The fourth-order valence-electron chi connectivity index (χ4n) is 3.57. The second kappa shape index (κ2) is 9.40. The van der Waals surface area contributed by atoms with Gasteiger partial charge < -0.3 is 14.8 Å². The molecule has 1 amide bonds. The maximum Gasteiger partial charge on any atom is 0.310 e. The summed E-state index contributed by atoms with van der Waals surface area (Å²) in [5.74, 6) is -0.246. The van der Waals surface area contributed by atoms with Gasteiger partial charge >= 0.3 is 5.97 Å². The number of amides is 1. The molecule has 3 rings (SSSR count). The largest absolute Gasteiger partial charge is 0.495 e. The first kappa shape index (κ1) is 19.9. The lowest BCUT2D eigenvalue weighted by Crippen LogP contribution is -2.29. The summed E-state index contributed by atoms with van der Waals surface area (Å²) >= 11 is 0. The third-order valence-electron chi connectivity index (χ3n) is 5.13. The molecule has 148 valence electrons. The minimum absolute atomic E-state index is 0.124. The Balaban J connectivity index is 1.81. The number of hydrogen-bond donors (Lipinski definition) is 1. The van der Waals surface area contributed by atoms with Crippen LogP contribution in [0.5, 0.6) is 5.75 Å². The SMILES string of the molecule is COc1ccc(C)cc1NC(=O)[C@H](OC(=O)C1CCCCC1)c1ccccc1. The molecule has 5 nitrogen and oxygen atoms in total. The van der Waals surface area contributed by atoms with E-state index in [4.69, 9.17) is 9.47 Å². The maximum absolute atomic E-state index is 13.1. The molecule has 2 aromatic rings. The highest BCUT2D eigenvalue weighted by Crippen LogP contribution is 2.30. The number of nitrogens with one attached hydrogen (secondary N) is 1. The first-order valence-electron chi connectivity index (χ1n) is 9.79. The predicted molar refractivity (Wildman–Crippen MR) is 108 cm³/mol. The molecule has 0 spiro atoms. The topological polar surface area (TPSA) is 64.6 Å². The normalized spacial score (nSPS) is 15.5. The Morgan fingerprint density at radius 1 is 1.04 bits per heavy atom. The molecule has 0 unspecified atom stereocenters. The van der Waals surface area contributed by atoms with E-state index in [1.165, 1.54) is 0 Å². The lowest BCUT2D eigenvalue weighted by Gasteiger charge is -2.24. The minimum Gasteiger partial charge on any atom is -0.495 e. The number of ether oxygens (including phenoxy) is 2. The van der Waals surface area contributed by atoms with Crippen molar-refractivity contribution in [2.75, 3.05) is 12.4 Å². The molecule has 0 bridgehead atoms. The third kappa shape index (κ3) is 4.91. The summed E-state index contributed by atoms with van der Waals surface area (Å²) in [6.45, 7) is 1.94. The first-order valence-corrected chi connectivity index (χ1v) is 9.79. The molecular formula is C23H27NO4. The van der Waals surface area contributed by atoms with Gasteiger partial charge in [-0.05, 0) is 37.5 Å². The summed E-state index contributed by atoms with van der Waals surface area (Å²) in [5, 5.41) is 2.87. The average molecular weight is 381 g/mol. The van der Waals surface area contributed by atoms with Crippen LogP contribution in [0.25, 0.3) is 0 Å². The molecule has 1 atom stereocenters. The lowest BCUT2D eigenvalue weighted by molar-refractivity contribution is -0.159. The second-order valence-electron chi connectivity index (χ2n) is 7.26. The van der Waals surface area contributed by atoms with Crippen LogP contribution < -0.4 is 10.1 Å². The molecule has 1 N–H and O–H groups in total. The molecule has 1 aliphatic rings. The van der Waals surface area contributed by atoms with Crippen LogP contribution in [0.4, 0.5) is 5.69 Å². The van der Waals surface area contributed by atoms with Crippen LogP contribution >= 0.6 is 0 Å². The highest BCUT2D eigenvalue weighted by molar-refractivity contribution is 5.97. The Labute approximate surface area is 166 Å². The van der Waals surface area contributed by atoms with Crippen molar-refractivity contribution in [1.82, 2.24) is 0 Å². The Bertz CT molecular complexity index is 813. The van der Waals surface area contributed by atoms with E-state index in [-0.39, 0.29) is 17.8 Å². The van der Waals surface area contributed by atoms with Gasteiger partial charge in [0.25, 0.3) is 5.91 Å². The fraction of sp³-hybridized carbons (Fsp3) is 0.391. The van der Waals surface area contributed by atoms with Crippen LogP contribution in [0.1, 0.15) is 49.3 Å². The summed E-state index contributed by atoms with van der Waals surface area (Å²) < 4.78 is 11.1. The van der Waals surface area contributed by atoms with Gasteiger partial charge in [-0.1, -0.05) is 55.7 Å². The van der Waals surface area contributed by atoms with Crippen molar-refractivity contribution in [3.8, 4) is 5.75 Å². The smallest absolute Gasteiger partial charge is 0.310 e. The summed E-state index contributed by atoms with van der Waals surface area (Å²) in [7, 11) is 1.55. The van der Waals surface area contributed by atoms with Gasteiger partial charge in [0.15, 0.2) is 0 Å². The zero-order valence-electron chi connectivity index (χ0n) is 16.4. The van der Waals surface area contributed by atoms with E-state index in [1.54, 1.807) is 25.3 Å². The van der Waals surface area contributed by atoms with Crippen molar-refractivity contribution in [3.05, 3.63) is 59.7 Å². The Morgan fingerprint density at radius 3 is 2.43 bits per heavy atom. The zero-order valence-corrected chi connectivity index (χ0v) is 16.4. The van der Waals surface area contributed by atoms with Crippen LogP contribution in [0.15, 0.2) is 48.5 Å². The molecule has 0 heterocycles. The Kier molecular flexibility index (Phi) is 6.69. The van der Waals surface area contributed by atoms with Crippen molar-refractivity contribution in [2.24, 2.45) is 5.92 Å². The number of benzene rings is 2. The van der Waals surface area contributed by atoms with Crippen molar-refractivity contribution < 1.29 is 19.1 Å². The number of aryl methyl sites for hydroxylation is 1. The molecule has 28 heavy (non-hydrogen) atoms. The summed E-state index contributed by atoms with van der Waals surface area (Å²) in [5.41, 5.74) is 2.20. The van der Waals surface area contributed by atoms with Gasteiger partial charge in [-0.3, -0.25) is 9.59 Å². The van der Waals surface area contributed by atoms with Crippen LogP contribution in [0, 0.1) is 12.8 Å². The number of rotatable bonds is 6. The monoisotopic (exact) mass is 381 g/mol. The predicted octanol–water partition coefficient (Wildman–Crippen LogP) is 4.81. The Hall–Kier alpha value is -2.82. The van der Waals surface area contributed by atoms with Crippen LogP contribution in [0.2, 0.25) is 0 Å². The summed E-state index contributed by atoms with van der Waals surface area (Å²) in [4.78, 5) is 25.8. The van der Waals surface area contributed by atoms with Gasteiger partial charge in [0, 0.05) is 5.56 Å². The first-order chi connectivity index (χ1) is 13.6. The molecule has 0 radical (unpaired) electrons. The van der Waals surface area contributed by atoms with Crippen LogP contribution in [0.3, 0.4) is 0 Å². The zero-order chi connectivity index (χ0) is 19.9. The number of anilines is 1. The number of carbonyl (C=O) groups is 2. The number of methoxy groups -OCH3 is 1. The van der Waals surface area contributed by atoms with Gasteiger partial charge in [-0.2, -0.15) is 0 Å². The summed E-state index contributed by atoms with van der Waals surface area (Å²) in [6, 6.07) is 14.7. The number of hydrogen-bond acceptors (Lipinski definition) is 4. The van der Waals surface area contributed by atoms with Gasteiger partial charge in [-0.25, -0.2) is 0 Å². The van der Waals surface area contributed by atoms with Gasteiger partial charge in [0.05, 0.1) is 18.7 Å². The molecule has 1 fully saturated rings. The molecule has 2 aromatic carbocycles. The highest BCUT2D eigenvalue weighted by atomic mass is 16.5. The number of esters is 1. The van der Waals surface area contributed by atoms with Crippen molar-refractivity contribution in [2.45, 2.75) is 45.1 Å². The maximum atomic E-state index is 13.1. The molecular weight excluding hydrogens is 354 g/mol. The number of carbonyl (C=O) groups excluding carboxylic acids is 2. The molecule has 1 saturated carbocycles. The van der Waals surface area contributed by atoms with E-state index in [2.05, 4.69) is 5.32 Å². The molecule has 0 aliphatic heterocycles. The minimum atomic E-state index is -0.999. The molecule has 0 aromatic heterocycles.